The van der Waals surface area contributed by atoms with Crippen LogP contribution >= 0.6 is 0 Å². The standard InChI is InChI=1S/C20H22N2Se2/c1-14(2)17-9-7-10-18(15(3)4)20(17)22-12-16-8-5-6-11-19(16)24-23-13-21/h5-12,14-15H,1-4H3. The SMILES string of the molecule is CC(C)c1cccc(C(C)C)c1N=Cc1ccccc1[Se][Se]C#N. The Balaban J connectivity index is 2.44. The molecule has 0 amide bonds. The van der Waals surface area contributed by atoms with Crippen molar-refractivity contribution in [2.24, 2.45) is 4.99 Å². The molecule has 0 aliphatic carbocycles. The maximum absolute atomic E-state index is 8.88. The molecule has 0 N–H and O–H groups in total. The van der Waals surface area contributed by atoms with Gasteiger partial charge < -0.3 is 0 Å². The number of rotatable bonds is 6. The van der Waals surface area contributed by atoms with E-state index in [-0.39, 0.29) is 26.3 Å². The number of hydrogen-bond donors (Lipinski definition) is 0. The number of benzene rings is 2. The van der Waals surface area contributed by atoms with Crippen molar-refractivity contribution in [3.05, 3.63) is 59.2 Å². The molecule has 0 radical (unpaired) electrons. The van der Waals surface area contributed by atoms with E-state index in [4.69, 9.17) is 10.3 Å². The van der Waals surface area contributed by atoms with Crippen LogP contribution in [-0.4, -0.2) is 32.5 Å². The van der Waals surface area contributed by atoms with E-state index < -0.39 is 0 Å². The second-order valence-corrected chi connectivity index (χ2v) is 11.8. The van der Waals surface area contributed by atoms with Crippen LogP contribution in [0.2, 0.25) is 0 Å². The van der Waals surface area contributed by atoms with Crippen LogP contribution in [0.4, 0.5) is 5.69 Å². The Bertz CT molecular complexity index is 732. The van der Waals surface area contributed by atoms with E-state index in [0.29, 0.717) is 11.8 Å². The first-order valence-electron chi connectivity index (χ1n) is 8.03. The van der Waals surface area contributed by atoms with Gasteiger partial charge in [0.2, 0.25) is 0 Å². The summed E-state index contributed by atoms with van der Waals surface area (Å²) in [4.78, 5) is 7.21. The van der Waals surface area contributed by atoms with Crippen molar-refractivity contribution in [2.45, 2.75) is 39.5 Å². The fourth-order valence-corrected chi connectivity index (χ4v) is 6.56. The molecular formula is C20H22N2Se2. The zero-order chi connectivity index (χ0) is 17.5. The predicted octanol–water partition coefficient (Wildman–Crippen LogP) is 4.11. The first-order chi connectivity index (χ1) is 11.5. The Morgan fingerprint density at radius 3 is 2.17 bits per heavy atom. The summed E-state index contributed by atoms with van der Waals surface area (Å²) in [7, 11) is 0. The summed E-state index contributed by atoms with van der Waals surface area (Å²) in [5.41, 5.74) is 4.84. The molecule has 4 heteroatoms. The Morgan fingerprint density at radius 2 is 1.58 bits per heavy atom. The molecule has 0 saturated carbocycles. The van der Waals surface area contributed by atoms with Crippen LogP contribution in [0.15, 0.2) is 47.5 Å². The Morgan fingerprint density at radius 1 is 0.958 bits per heavy atom. The van der Waals surface area contributed by atoms with Crippen LogP contribution in [-0.2, 0) is 0 Å². The molecule has 0 heterocycles. The number of nitriles is 1. The molecule has 2 aromatic carbocycles. The van der Waals surface area contributed by atoms with Crippen LogP contribution in [0, 0.1) is 10.2 Å². The van der Waals surface area contributed by atoms with Crippen LogP contribution in [0.1, 0.15) is 56.2 Å². The Kier molecular flexibility index (Phi) is 7.28. The van der Waals surface area contributed by atoms with Gasteiger partial charge in [0, 0.05) is 0 Å². The van der Waals surface area contributed by atoms with Crippen LogP contribution in [0.3, 0.4) is 0 Å². The molecule has 0 aromatic heterocycles. The third-order valence-corrected chi connectivity index (χ3v) is 8.93. The summed E-state index contributed by atoms with van der Waals surface area (Å²) >= 11 is 0.290. The molecule has 0 unspecified atom stereocenters. The molecule has 0 saturated heterocycles. The summed E-state index contributed by atoms with van der Waals surface area (Å²) in [6.45, 7) is 8.85. The molecule has 0 aliphatic heterocycles. The summed E-state index contributed by atoms with van der Waals surface area (Å²) in [5, 5.41) is 8.88. The minimum atomic E-state index is 0.0515. The first-order valence-corrected chi connectivity index (χ1v) is 14.1. The van der Waals surface area contributed by atoms with Gasteiger partial charge in [-0.15, -0.1) is 0 Å². The van der Waals surface area contributed by atoms with Crippen molar-refractivity contribution in [3.63, 3.8) is 0 Å². The summed E-state index contributed by atoms with van der Waals surface area (Å²) < 4.78 is 1.27. The van der Waals surface area contributed by atoms with Crippen molar-refractivity contribution in [1.82, 2.24) is 0 Å². The molecule has 0 aliphatic rings. The zero-order valence-electron chi connectivity index (χ0n) is 14.5. The van der Waals surface area contributed by atoms with Gasteiger partial charge in [-0.1, -0.05) is 0 Å². The Hall–Kier alpha value is -1.36. The van der Waals surface area contributed by atoms with E-state index in [1.807, 2.05) is 18.3 Å². The van der Waals surface area contributed by atoms with E-state index in [1.54, 1.807) is 0 Å². The molecule has 2 aromatic rings. The van der Waals surface area contributed by atoms with Crippen molar-refractivity contribution < 1.29 is 0 Å². The minimum absolute atomic E-state index is 0.0515. The van der Waals surface area contributed by atoms with E-state index in [1.165, 1.54) is 15.6 Å². The number of para-hydroxylation sites is 1. The van der Waals surface area contributed by atoms with Gasteiger partial charge in [0.15, 0.2) is 0 Å². The van der Waals surface area contributed by atoms with Gasteiger partial charge in [-0.05, 0) is 0 Å². The number of hydrogen-bond acceptors (Lipinski definition) is 2. The molecule has 0 fully saturated rings. The monoisotopic (exact) mass is 450 g/mol. The molecule has 0 bridgehead atoms. The van der Waals surface area contributed by atoms with Crippen molar-refractivity contribution in [1.29, 1.82) is 5.26 Å². The molecule has 2 nitrogen and oxygen atoms in total. The van der Waals surface area contributed by atoms with Crippen LogP contribution in [0.25, 0.3) is 0 Å². The summed E-state index contributed by atoms with van der Waals surface area (Å²) in [6.07, 6.45) is 1.98. The first kappa shape index (κ1) is 19.0. The molecule has 124 valence electrons. The average Bonchev–Trinajstić information content (AvgIpc) is 2.58. The second-order valence-electron chi connectivity index (χ2n) is 6.15. The fraction of sp³-hybridized carbons (Fsp3) is 0.300. The molecule has 24 heavy (non-hydrogen) atoms. The van der Waals surface area contributed by atoms with Gasteiger partial charge in [-0.25, -0.2) is 0 Å². The van der Waals surface area contributed by atoms with Crippen LogP contribution in [0.5, 0.6) is 0 Å². The normalized spacial score (nSPS) is 11.4. The molecular weight excluding hydrogens is 426 g/mol. The molecule has 0 spiro atoms. The average molecular weight is 448 g/mol. The van der Waals surface area contributed by atoms with Gasteiger partial charge >= 0.3 is 157 Å². The van der Waals surface area contributed by atoms with Gasteiger partial charge in [0.05, 0.1) is 0 Å². The topological polar surface area (TPSA) is 36.1 Å². The summed E-state index contributed by atoms with van der Waals surface area (Å²) in [5.74, 6) is 0.884. The Labute approximate surface area is 156 Å². The predicted molar refractivity (Wildman–Crippen MR) is 105 cm³/mol. The van der Waals surface area contributed by atoms with Gasteiger partial charge in [-0.2, -0.15) is 0 Å². The van der Waals surface area contributed by atoms with E-state index in [9.17, 15) is 0 Å². The van der Waals surface area contributed by atoms with Gasteiger partial charge in [0.25, 0.3) is 0 Å². The molecule has 0 atom stereocenters. The third kappa shape index (κ3) is 4.82. The van der Waals surface area contributed by atoms with Crippen molar-refractivity contribution >= 4 is 42.6 Å². The van der Waals surface area contributed by atoms with Crippen LogP contribution < -0.4 is 4.46 Å². The van der Waals surface area contributed by atoms with Crippen molar-refractivity contribution in [3.8, 4) is 4.97 Å². The summed E-state index contributed by atoms with van der Waals surface area (Å²) in [6, 6.07) is 14.8. The molecule has 2 rings (SSSR count). The maximum atomic E-state index is 8.88. The number of aliphatic imine (C=N–C) groups is 1. The van der Waals surface area contributed by atoms with Crippen molar-refractivity contribution in [2.75, 3.05) is 0 Å². The second kappa shape index (κ2) is 9.21. The van der Waals surface area contributed by atoms with E-state index in [0.717, 1.165) is 11.3 Å². The van der Waals surface area contributed by atoms with E-state index >= 15 is 0 Å². The van der Waals surface area contributed by atoms with E-state index in [2.05, 4.69) is 63.0 Å². The quantitative estimate of drug-likeness (QED) is 0.484. The zero-order valence-corrected chi connectivity index (χ0v) is 17.9. The number of nitrogens with zero attached hydrogens (tertiary/aromatic N) is 2. The third-order valence-electron chi connectivity index (χ3n) is 3.76. The fourth-order valence-electron chi connectivity index (χ4n) is 2.52. The van der Waals surface area contributed by atoms with Gasteiger partial charge in [0.1, 0.15) is 0 Å². The van der Waals surface area contributed by atoms with Gasteiger partial charge in [-0.3, -0.25) is 0 Å².